The lowest BCUT2D eigenvalue weighted by Crippen LogP contribution is -2.25. The first-order chi connectivity index (χ1) is 9.61. The van der Waals surface area contributed by atoms with Crippen LogP contribution >= 0.6 is 0 Å². The number of benzene rings is 1. The molecule has 1 aromatic carbocycles. The molecule has 0 saturated carbocycles. The van der Waals surface area contributed by atoms with Gasteiger partial charge in [0.15, 0.2) is 0 Å². The molecule has 0 aliphatic rings. The summed E-state index contributed by atoms with van der Waals surface area (Å²) in [6, 6.07) is 5.49. The third-order valence-corrected chi connectivity index (χ3v) is 3.53. The highest BCUT2D eigenvalue weighted by molar-refractivity contribution is 5.27. The lowest BCUT2D eigenvalue weighted by atomic mass is 10.0. The maximum atomic E-state index is 13.4. The number of aromatic nitrogens is 2. The van der Waals surface area contributed by atoms with Gasteiger partial charge < -0.3 is 9.88 Å². The molecular formula is C16H22FN3. The Labute approximate surface area is 119 Å². The third-order valence-electron chi connectivity index (χ3n) is 3.53. The Hall–Kier alpha value is -1.68. The molecule has 0 bridgehead atoms. The van der Waals surface area contributed by atoms with E-state index >= 15 is 0 Å². The van der Waals surface area contributed by atoms with Gasteiger partial charge >= 0.3 is 0 Å². The Morgan fingerprint density at radius 1 is 1.40 bits per heavy atom. The molecule has 2 aromatic rings. The van der Waals surface area contributed by atoms with Crippen LogP contribution in [0.3, 0.4) is 0 Å². The summed E-state index contributed by atoms with van der Waals surface area (Å²) in [6.45, 7) is 4.88. The van der Waals surface area contributed by atoms with Crippen molar-refractivity contribution in [3.63, 3.8) is 0 Å². The van der Waals surface area contributed by atoms with Crippen molar-refractivity contribution in [1.29, 1.82) is 0 Å². The van der Waals surface area contributed by atoms with E-state index in [1.54, 1.807) is 13.0 Å². The van der Waals surface area contributed by atoms with Crippen LogP contribution in [-0.2, 0) is 13.5 Å². The number of rotatable bonds is 6. The van der Waals surface area contributed by atoms with Crippen molar-refractivity contribution >= 4 is 0 Å². The summed E-state index contributed by atoms with van der Waals surface area (Å²) in [5, 5.41) is 3.52. The van der Waals surface area contributed by atoms with Gasteiger partial charge in [0.2, 0.25) is 0 Å². The zero-order valence-corrected chi connectivity index (χ0v) is 12.4. The molecule has 1 atom stereocenters. The SMILES string of the molecule is CCCNC(Cc1nccn1C)c1ccc(F)c(C)c1. The number of nitrogens with zero attached hydrogens (tertiary/aromatic N) is 2. The van der Waals surface area contributed by atoms with E-state index in [2.05, 4.69) is 17.2 Å². The summed E-state index contributed by atoms with van der Waals surface area (Å²) in [4.78, 5) is 4.38. The van der Waals surface area contributed by atoms with Crippen LogP contribution in [0.1, 0.15) is 36.3 Å². The van der Waals surface area contributed by atoms with Crippen LogP contribution in [0, 0.1) is 12.7 Å². The van der Waals surface area contributed by atoms with Crippen molar-refractivity contribution in [2.75, 3.05) is 6.54 Å². The number of imidazole rings is 1. The number of hydrogen-bond acceptors (Lipinski definition) is 2. The average Bonchev–Trinajstić information content (AvgIpc) is 2.83. The number of halogens is 1. The fourth-order valence-corrected chi connectivity index (χ4v) is 2.29. The van der Waals surface area contributed by atoms with E-state index in [0.717, 1.165) is 30.8 Å². The maximum absolute atomic E-state index is 13.4. The molecular weight excluding hydrogens is 253 g/mol. The summed E-state index contributed by atoms with van der Waals surface area (Å²) in [6.07, 6.45) is 5.62. The van der Waals surface area contributed by atoms with Gasteiger partial charge in [-0.05, 0) is 37.1 Å². The molecule has 0 spiro atoms. The molecule has 1 aromatic heterocycles. The predicted octanol–water partition coefficient (Wildman–Crippen LogP) is 3.15. The first-order valence-corrected chi connectivity index (χ1v) is 7.07. The number of aryl methyl sites for hydroxylation is 2. The number of hydrogen-bond donors (Lipinski definition) is 1. The second-order valence-electron chi connectivity index (χ2n) is 5.17. The van der Waals surface area contributed by atoms with Gasteiger partial charge in [-0.1, -0.05) is 19.1 Å². The molecule has 0 aliphatic carbocycles. The molecule has 3 nitrogen and oxygen atoms in total. The summed E-state index contributed by atoms with van der Waals surface area (Å²) >= 11 is 0. The van der Waals surface area contributed by atoms with Crippen LogP contribution in [-0.4, -0.2) is 16.1 Å². The van der Waals surface area contributed by atoms with Gasteiger partial charge in [-0.3, -0.25) is 0 Å². The Bertz CT molecular complexity index is 563. The van der Waals surface area contributed by atoms with E-state index < -0.39 is 0 Å². The van der Waals surface area contributed by atoms with E-state index in [1.807, 2.05) is 36.1 Å². The van der Waals surface area contributed by atoms with Crippen molar-refractivity contribution in [1.82, 2.24) is 14.9 Å². The monoisotopic (exact) mass is 275 g/mol. The minimum Gasteiger partial charge on any atom is -0.338 e. The molecule has 20 heavy (non-hydrogen) atoms. The Kier molecular flexibility index (Phi) is 4.90. The molecule has 1 unspecified atom stereocenters. The number of nitrogens with one attached hydrogen (secondary N) is 1. The lowest BCUT2D eigenvalue weighted by Gasteiger charge is -2.19. The van der Waals surface area contributed by atoms with Crippen LogP contribution in [0.25, 0.3) is 0 Å². The van der Waals surface area contributed by atoms with Crippen molar-refractivity contribution in [2.45, 2.75) is 32.7 Å². The van der Waals surface area contributed by atoms with E-state index in [0.29, 0.717) is 5.56 Å². The van der Waals surface area contributed by atoms with Gasteiger partial charge in [-0.15, -0.1) is 0 Å². The topological polar surface area (TPSA) is 29.9 Å². The van der Waals surface area contributed by atoms with E-state index in [9.17, 15) is 4.39 Å². The molecule has 1 N–H and O–H groups in total. The molecule has 108 valence electrons. The van der Waals surface area contributed by atoms with Crippen LogP contribution in [0.5, 0.6) is 0 Å². The standard InChI is InChI=1S/C16H22FN3/c1-4-7-18-15(11-16-19-8-9-20(16)3)13-5-6-14(17)12(2)10-13/h5-6,8-10,15,18H,4,7,11H2,1-3H3. The quantitative estimate of drug-likeness (QED) is 0.877. The maximum Gasteiger partial charge on any atom is 0.126 e. The molecule has 2 rings (SSSR count). The highest BCUT2D eigenvalue weighted by Crippen LogP contribution is 2.20. The molecule has 0 amide bonds. The van der Waals surface area contributed by atoms with Crippen LogP contribution < -0.4 is 5.32 Å². The lowest BCUT2D eigenvalue weighted by molar-refractivity contribution is 0.510. The van der Waals surface area contributed by atoms with Gasteiger partial charge in [-0.2, -0.15) is 0 Å². The molecule has 4 heteroatoms. The Balaban J connectivity index is 2.22. The smallest absolute Gasteiger partial charge is 0.126 e. The van der Waals surface area contributed by atoms with Crippen molar-refractivity contribution in [3.05, 3.63) is 53.4 Å². The van der Waals surface area contributed by atoms with Crippen molar-refractivity contribution < 1.29 is 4.39 Å². The van der Waals surface area contributed by atoms with Gasteiger partial charge in [-0.25, -0.2) is 9.37 Å². The Morgan fingerprint density at radius 2 is 2.20 bits per heavy atom. The van der Waals surface area contributed by atoms with Crippen molar-refractivity contribution in [2.24, 2.45) is 7.05 Å². The van der Waals surface area contributed by atoms with Crippen LogP contribution in [0.2, 0.25) is 0 Å². The first-order valence-electron chi connectivity index (χ1n) is 7.07. The zero-order chi connectivity index (χ0) is 14.5. The zero-order valence-electron chi connectivity index (χ0n) is 12.4. The normalized spacial score (nSPS) is 12.6. The van der Waals surface area contributed by atoms with Gasteiger partial charge in [0.25, 0.3) is 0 Å². The van der Waals surface area contributed by atoms with E-state index in [-0.39, 0.29) is 11.9 Å². The summed E-state index contributed by atoms with van der Waals surface area (Å²) in [7, 11) is 2.00. The minimum absolute atomic E-state index is 0.153. The van der Waals surface area contributed by atoms with Crippen LogP contribution in [0.4, 0.5) is 4.39 Å². The summed E-state index contributed by atoms with van der Waals surface area (Å²) in [5.41, 5.74) is 1.80. The van der Waals surface area contributed by atoms with Gasteiger partial charge in [0, 0.05) is 31.9 Å². The molecule has 0 saturated heterocycles. The fourth-order valence-electron chi connectivity index (χ4n) is 2.29. The summed E-state index contributed by atoms with van der Waals surface area (Å²) in [5.74, 6) is 0.876. The highest BCUT2D eigenvalue weighted by Gasteiger charge is 2.15. The second kappa shape index (κ2) is 6.66. The van der Waals surface area contributed by atoms with Gasteiger partial charge in [0.1, 0.15) is 11.6 Å². The Morgan fingerprint density at radius 3 is 2.80 bits per heavy atom. The van der Waals surface area contributed by atoms with Crippen molar-refractivity contribution in [3.8, 4) is 0 Å². The van der Waals surface area contributed by atoms with Crippen LogP contribution in [0.15, 0.2) is 30.6 Å². The molecule has 1 heterocycles. The minimum atomic E-state index is -0.153. The van der Waals surface area contributed by atoms with Gasteiger partial charge in [0.05, 0.1) is 0 Å². The molecule has 0 aliphatic heterocycles. The largest absolute Gasteiger partial charge is 0.338 e. The fraction of sp³-hybridized carbons (Fsp3) is 0.438. The molecule has 0 fully saturated rings. The summed E-state index contributed by atoms with van der Waals surface area (Å²) < 4.78 is 15.4. The third kappa shape index (κ3) is 3.45. The second-order valence-corrected chi connectivity index (χ2v) is 5.17. The first kappa shape index (κ1) is 14.7. The highest BCUT2D eigenvalue weighted by atomic mass is 19.1. The average molecular weight is 275 g/mol. The predicted molar refractivity (Wildman–Crippen MR) is 79.1 cm³/mol. The van der Waals surface area contributed by atoms with E-state index in [4.69, 9.17) is 0 Å². The molecule has 0 radical (unpaired) electrons. The van der Waals surface area contributed by atoms with E-state index in [1.165, 1.54) is 0 Å².